The number of carbonyl (C=O) groups excluding carboxylic acids is 2. The SMILES string of the molecule is COC(=O)[C@@]12C[C@H](CC(=O)O)C(=O)N(Cc3ccc4c(c3)OCO4)C1=CCC(C)(C)C2. The highest BCUT2D eigenvalue weighted by atomic mass is 16.7. The third-order valence-corrected chi connectivity index (χ3v) is 6.39. The van der Waals surface area contributed by atoms with Crippen molar-refractivity contribution in [3.05, 3.63) is 35.5 Å². The van der Waals surface area contributed by atoms with Crippen LogP contribution >= 0.6 is 0 Å². The summed E-state index contributed by atoms with van der Waals surface area (Å²) in [6.45, 7) is 4.48. The van der Waals surface area contributed by atoms with Crippen molar-refractivity contribution < 1.29 is 33.7 Å². The number of carboxylic acids is 1. The van der Waals surface area contributed by atoms with Gasteiger partial charge in [-0.15, -0.1) is 0 Å². The lowest BCUT2D eigenvalue weighted by molar-refractivity contribution is -0.163. The number of carboxylic acid groups (broad SMARTS) is 1. The lowest BCUT2D eigenvalue weighted by atomic mass is 9.60. The molecule has 2 heterocycles. The van der Waals surface area contributed by atoms with Gasteiger partial charge in [0.05, 0.1) is 26.0 Å². The van der Waals surface area contributed by atoms with Gasteiger partial charge in [-0.1, -0.05) is 26.0 Å². The van der Waals surface area contributed by atoms with E-state index in [9.17, 15) is 19.5 Å². The molecule has 1 N–H and O–H groups in total. The minimum absolute atomic E-state index is 0.137. The number of ether oxygens (including phenoxy) is 3. The summed E-state index contributed by atoms with van der Waals surface area (Å²) in [5, 5.41) is 9.41. The molecule has 3 aliphatic rings. The van der Waals surface area contributed by atoms with E-state index in [0.29, 0.717) is 30.0 Å². The maximum atomic E-state index is 13.4. The van der Waals surface area contributed by atoms with Gasteiger partial charge in [-0.05, 0) is 42.4 Å². The van der Waals surface area contributed by atoms with Crippen molar-refractivity contribution in [2.24, 2.45) is 16.7 Å². The maximum absolute atomic E-state index is 13.4. The molecule has 8 nitrogen and oxygen atoms in total. The number of fused-ring (bicyclic) bond motifs is 2. The fourth-order valence-electron chi connectivity index (χ4n) is 5.15. The number of esters is 1. The summed E-state index contributed by atoms with van der Waals surface area (Å²) >= 11 is 0. The van der Waals surface area contributed by atoms with Crippen LogP contribution in [0.4, 0.5) is 0 Å². The van der Waals surface area contributed by atoms with Crippen molar-refractivity contribution in [3.8, 4) is 11.5 Å². The van der Waals surface area contributed by atoms with E-state index in [-0.39, 0.29) is 37.5 Å². The van der Waals surface area contributed by atoms with Gasteiger partial charge in [0.25, 0.3) is 0 Å². The van der Waals surface area contributed by atoms with E-state index in [1.807, 2.05) is 18.2 Å². The number of nitrogens with zero attached hydrogens (tertiary/aromatic N) is 1. The first-order valence-electron chi connectivity index (χ1n) is 10.4. The zero-order valence-corrected chi connectivity index (χ0v) is 18.0. The van der Waals surface area contributed by atoms with Gasteiger partial charge in [0, 0.05) is 5.70 Å². The Balaban J connectivity index is 1.77. The minimum atomic E-state index is -1.07. The van der Waals surface area contributed by atoms with Crippen LogP contribution in [0.25, 0.3) is 0 Å². The Hall–Kier alpha value is -3.03. The molecule has 166 valence electrons. The van der Waals surface area contributed by atoms with E-state index in [1.165, 1.54) is 7.11 Å². The number of benzene rings is 1. The number of carbonyl (C=O) groups is 3. The van der Waals surface area contributed by atoms with Gasteiger partial charge in [-0.3, -0.25) is 14.4 Å². The molecule has 0 bridgehead atoms. The number of amides is 1. The molecule has 1 amide bonds. The Bertz CT molecular complexity index is 967. The minimum Gasteiger partial charge on any atom is -0.481 e. The zero-order valence-electron chi connectivity index (χ0n) is 18.0. The summed E-state index contributed by atoms with van der Waals surface area (Å²) in [6.07, 6.45) is 2.94. The zero-order chi connectivity index (χ0) is 22.4. The summed E-state index contributed by atoms with van der Waals surface area (Å²) in [4.78, 5) is 39.6. The molecule has 31 heavy (non-hydrogen) atoms. The molecule has 1 fully saturated rings. The number of hydrogen-bond donors (Lipinski definition) is 1. The third kappa shape index (κ3) is 3.75. The molecule has 0 spiro atoms. The molecule has 0 unspecified atom stereocenters. The molecule has 1 saturated heterocycles. The van der Waals surface area contributed by atoms with Crippen LogP contribution in [0.15, 0.2) is 30.0 Å². The Morgan fingerprint density at radius 3 is 2.71 bits per heavy atom. The van der Waals surface area contributed by atoms with Gasteiger partial charge >= 0.3 is 11.9 Å². The largest absolute Gasteiger partial charge is 0.481 e. The molecule has 2 atom stereocenters. The summed E-state index contributed by atoms with van der Waals surface area (Å²) in [7, 11) is 1.33. The van der Waals surface area contributed by atoms with Crippen molar-refractivity contribution in [2.75, 3.05) is 13.9 Å². The summed E-state index contributed by atoms with van der Waals surface area (Å²) in [5.74, 6) is -1.35. The van der Waals surface area contributed by atoms with Crippen molar-refractivity contribution in [2.45, 2.75) is 46.1 Å². The fourth-order valence-corrected chi connectivity index (χ4v) is 5.15. The number of aliphatic carboxylic acids is 1. The summed E-state index contributed by atoms with van der Waals surface area (Å²) in [6, 6.07) is 5.44. The predicted octanol–water partition coefficient (Wildman–Crippen LogP) is 3.10. The van der Waals surface area contributed by atoms with Crippen molar-refractivity contribution in [1.82, 2.24) is 4.90 Å². The highest BCUT2D eigenvalue weighted by Crippen LogP contribution is 2.55. The number of allylic oxidation sites excluding steroid dienone is 1. The molecule has 0 saturated carbocycles. The predicted molar refractivity (Wildman–Crippen MR) is 109 cm³/mol. The highest BCUT2D eigenvalue weighted by Gasteiger charge is 2.57. The second kappa shape index (κ2) is 7.59. The molecular formula is C23H27NO7. The van der Waals surface area contributed by atoms with Gasteiger partial charge < -0.3 is 24.2 Å². The van der Waals surface area contributed by atoms with Gasteiger partial charge in [-0.25, -0.2) is 0 Å². The molecule has 2 aliphatic heterocycles. The summed E-state index contributed by atoms with van der Waals surface area (Å²) < 4.78 is 16.0. The van der Waals surface area contributed by atoms with Crippen LogP contribution in [-0.2, 0) is 25.7 Å². The van der Waals surface area contributed by atoms with Crippen molar-refractivity contribution in [1.29, 1.82) is 0 Å². The van der Waals surface area contributed by atoms with Crippen molar-refractivity contribution >= 4 is 17.8 Å². The smallest absolute Gasteiger partial charge is 0.317 e. The topological polar surface area (TPSA) is 102 Å². The van der Waals surface area contributed by atoms with E-state index < -0.39 is 23.3 Å². The Kier molecular flexibility index (Phi) is 5.19. The van der Waals surface area contributed by atoms with Crippen molar-refractivity contribution in [3.63, 3.8) is 0 Å². The molecule has 1 aliphatic carbocycles. The average molecular weight is 429 g/mol. The molecule has 0 radical (unpaired) electrons. The van der Waals surface area contributed by atoms with Crippen LogP contribution < -0.4 is 9.47 Å². The number of piperidine rings is 1. The van der Waals surface area contributed by atoms with Gasteiger partial charge in [0.1, 0.15) is 5.41 Å². The van der Waals surface area contributed by atoms with Crippen LogP contribution in [0.5, 0.6) is 11.5 Å². The van der Waals surface area contributed by atoms with Crippen LogP contribution in [0.2, 0.25) is 0 Å². The Morgan fingerprint density at radius 2 is 2.00 bits per heavy atom. The molecular weight excluding hydrogens is 402 g/mol. The lowest BCUT2D eigenvalue weighted by Crippen LogP contribution is -2.55. The molecule has 0 aromatic heterocycles. The first-order chi connectivity index (χ1) is 14.6. The van der Waals surface area contributed by atoms with E-state index in [0.717, 1.165) is 5.56 Å². The van der Waals surface area contributed by atoms with Gasteiger partial charge in [-0.2, -0.15) is 0 Å². The van der Waals surface area contributed by atoms with Crippen LogP contribution in [0.1, 0.15) is 45.1 Å². The normalized spacial score (nSPS) is 26.2. The fraction of sp³-hybridized carbons (Fsp3) is 0.522. The number of methoxy groups -OCH3 is 1. The highest BCUT2D eigenvalue weighted by molar-refractivity contribution is 5.91. The van der Waals surface area contributed by atoms with E-state index >= 15 is 0 Å². The van der Waals surface area contributed by atoms with Gasteiger partial charge in [0.2, 0.25) is 12.7 Å². The Morgan fingerprint density at radius 1 is 1.26 bits per heavy atom. The number of likely N-dealkylation sites (tertiary alicyclic amines) is 1. The van der Waals surface area contributed by atoms with E-state index in [1.54, 1.807) is 11.0 Å². The van der Waals surface area contributed by atoms with Crippen LogP contribution in [0, 0.1) is 16.7 Å². The van der Waals surface area contributed by atoms with E-state index in [4.69, 9.17) is 14.2 Å². The molecule has 1 aromatic rings. The van der Waals surface area contributed by atoms with Crippen LogP contribution in [-0.4, -0.2) is 41.8 Å². The number of hydrogen-bond acceptors (Lipinski definition) is 6. The second-order valence-corrected chi connectivity index (χ2v) is 9.32. The lowest BCUT2D eigenvalue weighted by Gasteiger charge is -2.51. The summed E-state index contributed by atoms with van der Waals surface area (Å²) in [5.41, 5.74) is 0.179. The standard InChI is InChI=1S/C23H27NO7/c1-22(2)7-6-18-23(12-22,21(28)29-3)10-15(9-19(25)26)20(27)24(18)11-14-4-5-16-17(8-14)31-13-30-16/h4-6,8,15H,7,9-13H2,1-3H3,(H,25,26)/t15-,23+/m0/s1. The Labute approximate surface area is 180 Å². The van der Waals surface area contributed by atoms with E-state index in [2.05, 4.69) is 13.8 Å². The first kappa shape index (κ1) is 21.2. The quantitative estimate of drug-likeness (QED) is 0.718. The molecule has 8 heteroatoms. The molecule has 4 rings (SSSR count). The first-order valence-corrected chi connectivity index (χ1v) is 10.4. The number of rotatable bonds is 5. The average Bonchev–Trinajstić information content (AvgIpc) is 3.17. The van der Waals surface area contributed by atoms with Gasteiger partial charge in [0.15, 0.2) is 11.5 Å². The molecule has 1 aromatic carbocycles. The van der Waals surface area contributed by atoms with Crippen LogP contribution in [0.3, 0.4) is 0 Å². The monoisotopic (exact) mass is 429 g/mol. The second-order valence-electron chi connectivity index (χ2n) is 9.32. The third-order valence-electron chi connectivity index (χ3n) is 6.39. The maximum Gasteiger partial charge on any atom is 0.317 e.